The van der Waals surface area contributed by atoms with E-state index in [2.05, 4.69) is 9.50 Å². The van der Waals surface area contributed by atoms with Crippen LogP contribution in [0.15, 0.2) is 56.9 Å². The summed E-state index contributed by atoms with van der Waals surface area (Å²) in [6, 6.07) is 10.7. The number of halogens is 1. The zero-order chi connectivity index (χ0) is 19.4. The Hall–Kier alpha value is -2.78. The highest BCUT2D eigenvalue weighted by Gasteiger charge is 2.31. The second-order valence-electron chi connectivity index (χ2n) is 5.72. The van der Waals surface area contributed by atoms with Crippen molar-refractivity contribution in [3.8, 4) is 5.75 Å². The van der Waals surface area contributed by atoms with Gasteiger partial charge in [-0.05, 0) is 36.2 Å². The molecule has 3 rings (SSSR count). The first-order valence-electron chi connectivity index (χ1n) is 8.16. The van der Waals surface area contributed by atoms with Crippen molar-refractivity contribution in [1.82, 2.24) is 5.01 Å². The van der Waals surface area contributed by atoms with Crippen LogP contribution in [0.5, 0.6) is 5.75 Å². The zero-order valence-corrected chi connectivity index (χ0v) is 15.4. The number of aliphatic hydroxyl groups excluding tert-OH is 1. The molecule has 142 valence electrons. The van der Waals surface area contributed by atoms with Crippen LogP contribution in [0.25, 0.3) is 0 Å². The second kappa shape index (κ2) is 7.85. The number of methoxy groups -OCH3 is 1. The first-order chi connectivity index (χ1) is 13.0. The number of nitrogens with zero attached hydrogens (tertiary/aromatic N) is 3. The van der Waals surface area contributed by atoms with E-state index in [0.717, 1.165) is 0 Å². The number of ether oxygens (including phenoxy) is 1. The van der Waals surface area contributed by atoms with E-state index in [1.54, 1.807) is 18.2 Å². The molecule has 0 saturated heterocycles. The summed E-state index contributed by atoms with van der Waals surface area (Å²) in [6.45, 7) is 0.173. The molecule has 0 spiro atoms. The average Bonchev–Trinajstić information content (AvgIpc) is 2.94. The summed E-state index contributed by atoms with van der Waals surface area (Å²) in [7, 11) is -2.42. The maximum atomic E-state index is 13.5. The van der Waals surface area contributed by atoms with Gasteiger partial charge in [-0.2, -0.15) is 13.5 Å². The summed E-state index contributed by atoms with van der Waals surface area (Å²) in [5.74, 6) is -0.233. The molecular weight excluding hydrogens is 373 g/mol. The second-order valence-corrected chi connectivity index (χ2v) is 7.30. The Morgan fingerprint density at radius 2 is 2.07 bits per heavy atom. The highest BCUT2D eigenvalue weighted by atomic mass is 32.2. The van der Waals surface area contributed by atoms with Crippen LogP contribution >= 0.6 is 0 Å². The molecule has 2 aromatic rings. The Labute approximate surface area is 156 Å². The van der Waals surface area contributed by atoms with Gasteiger partial charge >= 0.3 is 0 Å². The third kappa shape index (κ3) is 3.99. The van der Waals surface area contributed by atoms with Gasteiger partial charge in [-0.1, -0.05) is 18.2 Å². The molecule has 0 fully saturated rings. The molecule has 0 atom stereocenters. The molecule has 0 radical (unpaired) electrons. The van der Waals surface area contributed by atoms with E-state index < -0.39 is 15.8 Å². The number of hydrazone groups is 1. The van der Waals surface area contributed by atoms with Crippen LogP contribution in [0.3, 0.4) is 0 Å². The maximum Gasteiger partial charge on any atom is 0.285 e. The van der Waals surface area contributed by atoms with Crippen molar-refractivity contribution in [2.45, 2.75) is 11.3 Å². The Balaban J connectivity index is 1.96. The van der Waals surface area contributed by atoms with Crippen molar-refractivity contribution >= 4 is 22.1 Å². The molecule has 2 aromatic carbocycles. The van der Waals surface area contributed by atoms with E-state index in [9.17, 15) is 12.8 Å². The smallest absolute Gasteiger partial charge is 0.285 e. The Morgan fingerprint density at radius 1 is 1.30 bits per heavy atom. The minimum absolute atomic E-state index is 0.0759. The van der Waals surface area contributed by atoms with E-state index in [-0.39, 0.29) is 29.6 Å². The third-order valence-electron chi connectivity index (χ3n) is 3.91. The van der Waals surface area contributed by atoms with Crippen LogP contribution in [0.4, 0.5) is 4.39 Å². The molecule has 0 amide bonds. The molecule has 27 heavy (non-hydrogen) atoms. The zero-order valence-electron chi connectivity index (χ0n) is 14.5. The van der Waals surface area contributed by atoms with Gasteiger partial charge in [0.1, 0.15) is 4.90 Å². The van der Waals surface area contributed by atoms with Crippen molar-refractivity contribution in [1.29, 1.82) is 0 Å². The fourth-order valence-corrected chi connectivity index (χ4v) is 3.81. The number of aliphatic hydroxyl groups is 1. The van der Waals surface area contributed by atoms with Gasteiger partial charge in [-0.3, -0.25) is 0 Å². The SMILES string of the molecule is COc1cc(/C=N/N(CCCO)C2=NS(=O)(=O)c3ccccc32)ccc1F. The molecular formula is C18H18FN3O4S. The molecule has 9 heteroatoms. The number of rotatable bonds is 6. The van der Waals surface area contributed by atoms with Crippen LogP contribution < -0.4 is 4.74 Å². The van der Waals surface area contributed by atoms with E-state index in [0.29, 0.717) is 17.5 Å². The summed E-state index contributed by atoms with van der Waals surface area (Å²) >= 11 is 0. The van der Waals surface area contributed by atoms with E-state index in [1.807, 2.05) is 0 Å². The molecule has 1 aliphatic rings. The molecule has 7 nitrogen and oxygen atoms in total. The lowest BCUT2D eigenvalue weighted by Gasteiger charge is -2.18. The molecule has 0 aromatic heterocycles. The van der Waals surface area contributed by atoms with Gasteiger partial charge in [0.25, 0.3) is 10.0 Å². The normalized spacial score (nSPS) is 14.9. The lowest BCUT2D eigenvalue weighted by Crippen LogP contribution is -2.27. The van der Waals surface area contributed by atoms with Crippen molar-refractivity contribution in [3.05, 3.63) is 59.4 Å². The Bertz CT molecular complexity index is 1010. The van der Waals surface area contributed by atoms with Crippen LogP contribution in [0, 0.1) is 5.82 Å². The summed E-state index contributed by atoms with van der Waals surface area (Å²) in [6.07, 6.45) is 1.82. The lowest BCUT2D eigenvalue weighted by molar-refractivity contribution is 0.269. The number of fused-ring (bicyclic) bond motifs is 1. The van der Waals surface area contributed by atoms with Crippen molar-refractivity contribution in [2.75, 3.05) is 20.3 Å². The average molecular weight is 391 g/mol. The summed E-state index contributed by atoms with van der Waals surface area (Å²) in [5, 5.41) is 14.9. The van der Waals surface area contributed by atoms with E-state index >= 15 is 0 Å². The molecule has 1 heterocycles. The number of sulfonamides is 1. The standard InChI is InChI=1S/C18H18FN3O4S/c1-26-16-11-13(7-8-15(16)19)12-20-22(9-4-10-23)18-14-5-2-3-6-17(14)27(24,25)21-18/h2-3,5-8,11-12,23H,4,9-10H2,1H3/b20-12+. The highest BCUT2D eigenvalue weighted by molar-refractivity contribution is 7.90. The maximum absolute atomic E-state index is 13.5. The Morgan fingerprint density at radius 3 is 2.81 bits per heavy atom. The van der Waals surface area contributed by atoms with Gasteiger partial charge in [-0.25, -0.2) is 9.40 Å². The van der Waals surface area contributed by atoms with Gasteiger partial charge in [0.2, 0.25) is 0 Å². The number of amidine groups is 1. The van der Waals surface area contributed by atoms with E-state index in [1.165, 1.54) is 42.6 Å². The molecule has 0 bridgehead atoms. The first-order valence-corrected chi connectivity index (χ1v) is 9.60. The van der Waals surface area contributed by atoms with Crippen molar-refractivity contribution in [2.24, 2.45) is 9.50 Å². The summed E-state index contributed by atoms with van der Waals surface area (Å²) in [4.78, 5) is 0.118. The molecule has 0 unspecified atom stereocenters. The van der Waals surface area contributed by atoms with Crippen molar-refractivity contribution in [3.63, 3.8) is 0 Å². The predicted octanol–water partition coefficient (Wildman–Crippen LogP) is 2.00. The van der Waals surface area contributed by atoms with Crippen LogP contribution in [0.2, 0.25) is 0 Å². The van der Waals surface area contributed by atoms with Gasteiger partial charge in [0, 0.05) is 18.7 Å². The van der Waals surface area contributed by atoms with Crippen LogP contribution in [-0.2, 0) is 10.0 Å². The summed E-state index contributed by atoms with van der Waals surface area (Å²) in [5.41, 5.74) is 1.02. The molecule has 1 N–H and O–H groups in total. The number of benzene rings is 2. The molecule has 0 aliphatic carbocycles. The van der Waals surface area contributed by atoms with Gasteiger partial charge in [0.05, 0.1) is 13.3 Å². The topological polar surface area (TPSA) is 91.6 Å². The number of hydrogen-bond acceptors (Lipinski definition) is 6. The highest BCUT2D eigenvalue weighted by Crippen LogP contribution is 2.27. The molecule has 0 saturated carbocycles. The van der Waals surface area contributed by atoms with Crippen LogP contribution in [0.1, 0.15) is 17.5 Å². The van der Waals surface area contributed by atoms with E-state index in [4.69, 9.17) is 9.84 Å². The largest absolute Gasteiger partial charge is 0.494 e. The minimum atomic E-state index is -3.78. The summed E-state index contributed by atoms with van der Waals surface area (Å²) < 4.78 is 46.8. The van der Waals surface area contributed by atoms with Gasteiger partial charge in [0.15, 0.2) is 17.4 Å². The van der Waals surface area contributed by atoms with Crippen molar-refractivity contribution < 1.29 is 22.7 Å². The minimum Gasteiger partial charge on any atom is -0.494 e. The van der Waals surface area contributed by atoms with Gasteiger partial charge < -0.3 is 9.84 Å². The third-order valence-corrected chi connectivity index (χ3v) is 5.23. The Kier molecular flexibility index (Phi) is 5.52. The monoisotopic (exact) mass is 391 g/mol. The predicted molar refractivity (Wildman–Crippen MR) is 99.1 cm³/mol. The fraction of sp³-hybridized carbons (Fsp3) is 0.222. The molecule has 1 aliphatic heterocycles. The van der Waals surface area contributed by atoms with Crippen LogP contribution in [-0.4, -0.2) is 50.8 Å². The lowest BCUT2D eigenvalue weighted by atomic mass is 10.2. The first kappa shape index (κ1) is 19.0. The number of hydrogen-bond donors (Lipinski definition) is 1. The fourth-order valence-electron chi connectivity index (χ4n) is 2.61. The quantitative estimate of drug-likeness (QED) is 0.601. The van der Waals surface area contributed by atoms with Gasteiger partial charge in [-0.15, -0.1) is 4.40 Å².